The van der Waals surface area contributed by atoms with E-state index in [1.54, 1.807) is 0 Å². The summed E-state index contributed by atoms with van der Waals surface area (Å²) < 4.78 is 0. The van der Waals surface area contributed by atoms with Crippen molar-refractivity contribution in [1.29, 1.82) is 5.26 Å². The Balaban J connectivity index is 1.62. The lowest BCUT2D eigenvalue weighted by molar-refractivity contribution is -0.172. The van der Waals surface area contributed by atoms with E-state index in [9.17, 15) is 24.4 Å². The second-order valence-electron chi connectivity index (χ2n) is 15.2. The van der Waals surface area contributed by atoms with Gasteiger partial charge in [0.15, 0.2) is 11.6 Å². The van der Waals surface area contributed by atoms with E-state index in [0.29, 0.717) is 12.7 Å². The Morgan fingerprint density at radius 2 is 1.72 bits per heavy atom. The second kappa shape index (κ2) is 8.48. The maximum atomic E-state index is 14.4. The van der Waals surface area contributed by atoms with E-state index < -0.39 is 16.2 Å². The molecule has 0 aromatic heterocycles. The van der Waals surface area contributed by atoms with Crippen molar-refractivity contribution in [2.75, 3.05) is 6.54 Å². The highest BCUT2D eigenvalue weighted by atomic mass is 16.2. The van der Waals surface area contributed by atoms with Crippen LogP contribution in [0.5, 0.6) is 0 Å². The highest BCUT2D eigenvalue weighted by molar-refractivity contribution is 6.04. The van der Waals surface area contributed by atoms with Crippen LogP contribution in [0.2, 0.25) is 0 Å². The number of hydrogen-bond acceptors (Lipinski definition) is 5. The molecule has 8 atom stereocenters. The van der Waals surface area contributed by atoms with Gasteiger partial charge < -0.3 is 10.1 Å². The fraction of sp³-hybridized carbons (Fsp3) is 0.727. The van der Waals surface area contributed by atoms with Crippen molar-refractivity contribution in [2.45, 2.75) is 93.4 Å². The third-order valence-electron chi connectivity index (χ3n) is 13.0. The topological polar surface area (TPSA) is 104 Å². The van der Waals surface area contributed by atoms with Gasteiger partial charge in [-0.15, -0.1) is 0 Å². The SMILES string of the molecule is CC1(C)C(=O)C(C#N)=C[C@]2(C)C3=CC(=O)[C@@H]4[C@@H]5C[C@@](C)(C(=O)NCC=O)CC[C@]5(C)CC[C@@]4(C)[C@]3(C)CCC12. The molecule has 1 N–H and O–H groups in total. The van der Waals surface area contributed by atoms with Crippen LogP contribution >= 0.6 is 0 Å². The number of hydrogen-bond donors (Lipinski definition) is 1. The maximum Gasteiger partial charge on any atom is 0.226 e. The van der Waals surface area contributed by atoms with E-state index in [4.69, 9.17) is 0 Å². The molecule has 39 heavy (non-hydrogen) atoms. The third kappa shape index (κ3) is 3.50. The van der Waals surface area contributed by atoms with E-state index >= 15 is 0 Å². The summed E-state index contributed by atoms with van der Waals surface area (Å²) in [7, 11) is 0. The molecule has 3 fully saturated rings. The van der Waals surface area contributed by atoms with Crippen molar-refractivity contribution >= 4 is 23.8 Å². The average molecular weight is 533 g/mol. The summed E-state index contributed by atoms with van der Waals surface area (Å²) in [6, 6.07) is 2.17. The number of aldehydes is 1. The lowest BCUT2D eigenvalue weighted by Crippen LogP contribution is -2.65. The van der Waals surface area contributed by atoms with Crippen molar-refractivity contribution in [3.63, 3.8) is 0 Å². The van der Waals surface area contributed by atoms with E-state index in [2.05, 4.69) is 39.1 Å². The van der Waals surface area contributed by atoms with Crippen LogP contribution < -0.4 is 5.32 Å². The summed E-state index contributed by atoms with van der Waals surface area (Å²) in [6.45, 7) is 15.0. The molecular formula is C33H44N2O4. The van der Waals surface area contributed by atoms with Crippen molar-refractivity contribution in [3.8, 4) is 6.07 Å². The van der Waals surface area contributed by atoms with Gasteiger partial charge in [-0.25, -0.2) is 0 Å². The number of nitriles is 1. The first-order chi connectivity index (χ1) is 18.0. The highest BCUT2D eigenvalue weighted by Crippen LogP contribution is 2.74. The van der Waals surface area contributed by atoms with Gasteiger partial charge in [-0.3, -0.25) is 14.4 Å². The molecule has 1 unspecified atom stereocenters. The molecule has 0 aliphatic heterocycles. The van der Waals surface area contributed by atoms with E-state index in [1.807, 2.05) is 32.9 Å². The van der Waals surface area contributed by atoms with Gasteiger partial charge in [0.05, 0.1) is 12.1 Å². The Morgan fingerprint density at radius 3 is 2.36 bits per heavy atom. The van der Waals surface area contributed by atoms with Gasteiger partial charge in [-0.2, -0.15) is 5.26 Å². The molecule has 0 heterocycles. The van der Waals surface area contributed by atoms with Gasteiger partial charge >= 0.3 is 0 Å². The van der Waals surface area contributed by atoms with E-state index in [0.717, 1.165) is 44.1 Å². The van der Waals surface area contributed by atoms with E-state index in [-0.39, 0.29) is 63.6 Å². The Labute approximate surface area is 233 Å². The normalized spacial score (nSPS) is 46.3. The van der Waals surface area contributed by atoms with Crippen molar-refractivity contribution < 1.29 is 19.2 Å². The Hall–Kier alpha value is -2.55. The minimum atomic E-state index is -0.678. The molecule has 5 aliphatic rings. The molecule has 0 aromatic rings. The van der Waals surface area contributed by atoms with Crippen molar-refractivity contribution in [2.24, 2.45) is 50.2 Å². The predicted octanol–water partition coefficient (Wildman–Crippen LogP) is 5.52. The summed E-state index contributed by atoms with van der Waals surface area (Å²) >= 11 is 0. The van der Waals surface area contributed by atoms with Gasteiger partial charge in [0, 0.05) is 22.2 Å². The molecule has 0 bridgehead atoms. The highest BCUT2D eigenvalue weighted by Gasteiger charge is 2.69. The summed E-state index contributed by atoms with van der Waals surface area (Å²) in [5.41, 5.74) is -1.11. The lowest BCUT2D eigenvalue weighted by Gasteiger charge is -2.69. The minimum Gasteiger partial charge on any atom is -0.349 e. The number of allylic oxidation sites excluding steroid dienone is 4. The fourth-order valence-electron chi connectivity index (χ4n) is 10.3. The molecule has 5 rings (SSSR count). The Kier molecular flexibility index (Phi) is 6.09. The van der Waals surface area contributed by atoms with Crippen LogP contribution in [0.4, 0.5) is 0 Å². The van der Waals surface area contributed by atoms with Gasteiger partial charge in [-0.1, -0.05) is 60.1 Å². The molecule has 0 saturated heterocycles. The van der Waals surface area contributed by atoms with Crippen LogP contribution in [0.25, 0.3) is 0 Å². The first-order valence-electron chi connectivity index (χ1n) is 14.7. The number of nitrogens with one attached hydrogen (secondary N) is 1. The van der Waals surface area contributed by atoms with Crippen LogP contribution in [0.1, 0.15) is 93.4 Å². The molecular weight excluding hydrogens is 488 g/mol. The second-order valence-corrected chi connectivity index (χ2v) is 15.2. The third-order valence-corrected chi connectivity index (χ3v) is 13.0. The molecule has 0 spiro atoms. The zero-order chi connectivity index (χ0) is 28.8. The average Bonchev–Trinajstić information content (AvgIpc) is 2.87. The van der Waals surface area contributed by atoms with E-state index in [1.165, 1.54) is 0 Å². The van der Waals surface area contributed by atoms with Crippen LogP contribution in [0.15, 0.2) is 23.3 Å². The molecule has 5 aliphatic carbocycles. The largest absolute Gasteiger partial charge is 0.349 e. The first kappa shape index (κ1) is 28.0. The number of carbonyl (C=O) groups is 4. The van der Waals surface area contributed by atoms with Gasteiger partial charge in [0.25, 0.3) is 0 Å². The zero-order valence-electron chi connectivity index (χ0n) is 24.7. The number of rotatable bonds is 3. The smallest absolute Gasteiger partial charge is 0.226 e. The summed E-state index contributed by atoms with van der Waals surface area (Å²) in [5.74, 6) is -0.144. The Morgan fingerprint density at radius 1 is 1.05 bits per heavy atom. The zero-order valence-corrected chi connectivity index (χ0v) is 24.7. The number of Topliss-reactive ketones (excluding diaryl/α,β-unsaturated/α-hetero) is 1. The molecule has 3 saturated carbocycles. The minimum absolute atomic E-state index is 0.0113. The van der Waals surface area contributed by atoms with Crippen LogP contribution in [0, 0.1) is 61.6 Å². The van der Waals surface area contributed by atoms with Gasteiger partial charge in [0.2, 0.25) is 5.91 Å². The molecule has 1 amide bonds. The molecule has 6 heteroatoms. The molecule has 0 radical (unpaired) electrons. The number of amides is 1. The predicted molar refractivity (Wildman–Crippen MR) is 148 cm³/mol. The first-order valence-corrected chi connectivity index (χ1v) is 14.7. The molecule has 6 nitrogen and oxygen atoms in total. The fourth-order valence-corrected chi connectivity index (χ4v) is 10.3. The number of carbonyl (C=O) groups excluding carboxylic acids is 4. The van der Waals surface area contributed by atoms with Crippen molar-refractivity contribution in [1.82, 2.24) is 5.32 Å². The number of nitrogens with zero attached hydrogens (tertiary/aromatic N) is 1. The number of fused-ring (bicyclic) bond motifs is 7. The van der Waals surface area contributed by atoms with Crippen molar-refractivity contribution in [3.05, 3.63) is 23.3 Å². The van der Waals surface area contributed by atoms with Crippen LogP contribution in [-0.2, 0) is 19.2 Å². The summed E-state index contributed by atoms with van der Waals surface area (Å²) in [4.78, 5) is 51.7. The Bertz CT molecular complexity index is 1270. The standard InChI is InChI=1S/C33H44N2O4/c1-28(2)23-8-9-32(6)24(31(23,5)17-20(19-34)26(28)38)16-22(37)25-21-18-30(4,27(39)35-14-15-36)11-10-29(21,3)12-13-33(25,32)7/h15-17,21,23,25H,8-14,18H2,1-7H3,(H,35,39)/t21-,23?,25-,29+,30-,31-,32+,33+/m0/s1. The summed E-state index contributed by atoms with van der Waals surface area (Å²) in [5, 5.41) is 12.7. The van der Waals surface area contributed by atoms with Gasteiger partial charge in [-0.05, 0) is 79.1 Å². The lowest BCUT2D eigenvalue weighted by atomic mass is 9.34. The molecule has 0 aromatic carbocycles. The van der Waals surface area contributed by atoms with Gasteiger partial charge in [0.1, 0.15) is 12.4 Å². The quantitative estimate of drug-likeness (QED) is 0.482. The maximum absolute atomic E-state index is 14.4. The number of ketones is 2. The van der Waals surface area contributed by atoms with Crippen LogP contribution in [0.3, 0.4) is 0 Å². The van der Waals surface area contributed by atoms with Crippen LogP contribution in [-0.4, -0.2) is 30.3 Å². The monoisotopic (exact) mass is 532 g/mol. The molecule has 210 valence electrons. The summed E-state index contributed by atoms with van der Waals surface area (Å²) in [6.07, 6.45) is 10.5.